The van der Waals surface area contributed by atoms with Crippen molar-refractivity contribution in [2.45, 2.75) is 77.0 Å². The minimum absolute atomic E-state index is 0.0434. The number of anilines is 1. The standard InChI is InChI=1S/C29H37F2N5O/c1-3-8-27(34-24-12-11-22-15-23(30)16-26(31)25(22)17-24)29(37)35-28-18-36(19-33-28)14-7-13-32-20(2)21-9-5-4-6-10-21/h4-6,9-10,15-16,18-20,24,27,32,34H,3,7-8,11-14,17H2,1-2H3,(H,35,37)/t20-,24?,27+/m1/s1. The number of carbonyl (C=O) groups excluding carboxylic acids is 1. The number of aryl methyl sites for hydroxylation is 2. The SMILES string of the molecule is CCC[C@H](NC1CCc2cc(F)cc(F)c2C1)C(=O)Nc1cn(CCCN[C@H](C)c2ccccc2)cn1. The Morgan fingerprint density at radius 1 is 1.22 bits per heavy atom. The second-order valence-corrected chi connectivity index (χ2v) is 9.90. The fourth-order valence-corrected chi connectivity index (χ4v) is 4.99. The number of imidazole rings is 1. The van der Waals surface area contributed by atoms with Crippen LogP contribution < -0.4 is 16.0 Å². The van der Waals surface area contributed by atoms with Gasteiger partial charge in [0.2, 0.25) is 5.91 Å². The second kappa shape index (κ2) is 12.9. The van der Waals surface area contributed by atoms with Gasteiger partial charge in [-0.1, -0.05) is 43.7 Å². The lowest BCUT2D eigenvalue weighted by atomic mass is 9.87. The van der Waals surface area contributed by atoms with Crippen LogP contribution in [0.15, 0.2) is 55.0 Å². The number of hydrogen-bond donors (Lipinski definition) is 3. The smallest absolute Gasteiger partial charge is 0.242 e. The Kier molecular flexibility index (Phi) is 9.41. The molecule has 3 N–H and O–H groups in total. The summed E-state index contributed by atoms with van der Waals surface area (Å²) in [5, 5.41) is 9.88. The first-order valence-electron chi connectivity index (χ1n) is 13.3. The number of hydrogen-bond acceptors (Lipinski definition) is 4. The molecule has 0 radical (unpaired) electrons. The maximum atomic E-state index is 14.3. The van der Waals surface area contributed by atoms with E-state index in [2.05, 4.69) is 40.0 Å². The van der Waals surface area contributed by atoms with Crippen LogP contribution in [0.4, 0.5) is 14.6 Å². The summed E-state index contributed by atoms with van der Waals surface area (Å²) in [6.07, 6.45) is 7.77. The molecule has 2 aromatic carbocycles. The zero-order valence-electron chi connectivity index (χ0n) is 21.6. The minimum atomic E-state index is -0.539. The first-order chi connectivity index (χ1) is 17.9. The largest absolute Gasteiger partial charge is 0.335 e. The molecule has 0 spiro atoms. The van der Waals surface area contributed by atoms with Gasteiger partial charge in [0, 0.05) is 30.9 Å². The van der Waals surface area contributed by atoms with Gasteiger partial charge in [0.25, 0.3) is 0 Å². The minimum Gasteiger partial charge on any atom is -0.335 e. The zero-order chi connectivity index (χ0) is 26.2. The lowest BCUT2D eigenvalue weighted by Crippen LogP contribution is -2.48. The molecule has 8 heteroatoms. The predicted molar refractivity (Wildman–Crippen MR) is 142 cm³/mol. The van der Waals surface area contributed by atoms with Crippen LogP contribution in [0.25, 0.3) is 0 Å². The van der Waals surface area contributed by atoms with E-state index in [1.165, 1.54) is 11.6 Å². The van der Waals surface area contributed by atoms with Gasteiger partial charge in [-0.25, -0.2) is 13.8 Å². The van der Waals surface area contributed by atoms with Crippen LogP contribution in [0, 0.1) is 11.6 Å². The number of halogens is 2. The van der Waals surface area contributed by atoms with E-state index in [1.807, 2.05) is 35.9 Å². The molecule has 3 aromatic rings. The Balaban J connectivity index is 1.25. The third kappa shape index (κ3) is 7.46. The lowest BCUT2D eigenvalue weighted by molar-refractivity contribution is -0.118. The van der Waals surface area contributed by atoms with E-state index in [0.717, 1.165) is 44.0 Å². The van der Waals surface area contributed by atoms with E-state index >= 15 is 0 Å². The van der Waals surface area contributed by atoms with Crippen LogP contribution in [0.5, 0.6) is 0 Å². The number of nitrogens with zero attached hydrogens (tertiary/aromatic N) is 2. The number of rotatable bonds is 12. The van der Waals surface area contributed by atoms with Crippen molar-refractivity contribution in [1.29, 1.82) is 0 Å². The molecule has 0 bridgehead atoms. The van der Waals surface area contributed by atoms with Crippen molar-refractivity contribution in [2.24, 2.45) is 0 Å². The highest BCUT2D eigenvalue weighted by molar-refractivity contribution is 5.94. The average molecular weight is 510 g/mol. The van der Waals surface area contributed by atoms with Crippen molar-refractivity contribution in [3.05, 3.63) is 83.3 Å². The first-order valence-corrected chi connectivity index (χ1v) is 13.3. The molecule has 1 unspecified atom stereocenters. The summed E-state index contributed by atoms with van der Waals surface area (Å²) in [6.45, 7) is 5.85. The summed E-state index contributed by atoms with van der Waals surface area (Å²) in [5.41, 5.74) is 2.54. The van der Waals surface area contributed by atoms with E-state index in [1.54, 1.807) is 6.33 Å². The highest BCUT2D eigenvalue weighted by Crippen LogP contribution is 2.26. The van der Waals surface area contributed by atoms with Crippen LogP contribution in [0.2, 0.25) is 0 Å². The van der Waals surface area contributed by atoms with Crippen molar-refractivity contribution in [3.63, 3.8) is 0 Å². The summed E-state index contributed by atoms with van der Waals surface area (Å²) in [5.74, 6) is -0.665. The molecule has 1 heterocycles. The van der Waals surface area contributed by atoms with Gasteiger partial charge in [-0.15, -0.1) is 0 Å². The quantitative estimate of drug-likeness (QED) is 0.295. The maximum absolute atomic E-state index is 14.3. The first kappa shape index (κ1) is 26.9. The summed E-state index contributed by atoms with van der Waals surface area (Å²) < 4.78 is 29.8. The topological polar surface area (TPSA) is 71.0 Å². The van der Waals surface area contributed by atoms with Crippen molar-refractivity contribution < 1.29 is 13.6 Å². The third-order valence-corrected chi connectivity index (χ3v) is 7.02. The molecule has 6 nitrogen and oxygen atoms in total. The van der Waals surface area contributed by atoms with E-state index in [9.17, 15) is 13.6 Å². The molecule has 1 aromatic heterocycles. The Bertz CT molecular complexity index is 1170. The van der Waals surface area contributed by atoms with Gasteiger partial charge in [-0.2, -0.15) is 0 Å². The van der Waals surface area contributed by atoms with E-state index in [4.69, 9.17) is 0 Å². The average Bonchev–Trinajstić information content (AvgIpc) is 3.34. The molecule has 1 aliphatic carbocycles. The number of amides is 1. The molecule has 37 heavy (non-hydrogen) atoms. The number of fused-ring (bicyclic) bond motifs is 1. The zero-order valence-corrected chi connectivity index (χ0v) is 21.6. The van der Waals surface area contributed by atoms with Crippen LogP contribution in [0.3, 0.4) is 0 Å². The van der Waals surface area contributed by atoms with E-state index in [-0.39, 0.29) is 18.0 Å². The monoisotopic (exact) mass is 509 g/mol. The summed E-state index contributed by atoms with van der Waals surface area (Å²) >= 11 is 0. The van der Waals surface area contributed by atoms with Gasteiger partial charge in [-0.05, 0) is 68.3 Å². The molecule has 1 amide bonds. The predicted octanol–water partition coefficient (Wildman–Crippen LogP) is 5.16. The summed E-state index contributed by atoms with van der Waals surface area (Å²) in [6, 6.07) is 12.5. The van der Waals surface area contributed by atoms with Gasteiger partial charge in [0.1, 0.15) is 11.6 Å². The van der Waals surface area contributed by atoms with E-state index < -0.39 is 17.7 Å². The summed E-state index contributed by atoms with van der Waals surface area (Å²) in [4.78, 5) is 17.4. The van der Waals surface area contributed by atoms with Crippen LogP contribution in [0.1, 0.15) is 62.3 Å². The van der Waals surface area contributed by atoms with Crippen LogP contribution >= 0.6 is 0 Å². The Hall–Kier alpha value is -3.10. The molecule has 1 aliphatic rings. The van der Waals surface area contributed by atoms with Crippen molar-refractivity contribution in [1.82, 2.24) is 20.2 Å². The van der Waals surface area contributed by atoms with Gasteiger partial charge < -0.3 is 20.5 Å². The lowest BCUT2D eigenvalue weighted by Gasteiger charge is -2.29. The molecular formula is C29H37F2N5O. The maximum Gasteiger partial charge on any atom is 0.242 e. The van der Waals surface area contributed by atoms with Gasteiger partial charge >= 0.3 is 0 Å². The number of carbonyl (C=O) groups is 1. The molecule has 3 atom stereocenters. The molecule has 198 valence electrons. The van der Waals surface area contributed by atoms with Crippen molar-refractivity contribution in [3.8, 4) is 0 Å². The molecule has 4 rings (SSSR count). The number of benzene rings is 2. The fraction of sp³-hybridized carbons (Fsp3) is 0.448. The van der Waals surface area contributed by atoms with Gasteiger partial charge in [0.15, 0.2) is 5.82 Å². The van der Waals surface area contributed by atoms with Crippen LogP contribution in [-0.4, -0.2) is 34.1 Å². The number of nitrogens with one attached hydrogen (secondary N) is 3. The molecule has 0 saturated carbocycles. The molecular weight excluding hydrogens is 472 g/mol. The Morgan fingerprint density at radius 3 is 2.81 bits per heavy atom. The molecule has 0 aliphatic heterocycles. The van der Waals surface area contributed by atoms with Crippen LogP contribution in [-0.2, 0) is 24.2 Å². The highest BCUT2D eigenvalue weighted by atomic mass is 19.1. The van der Waals surface area contributed by atoms with E-state index in [0.29, 0.717) is 30.6 Å². The normalized spacial score (nSPS) is 16.7. The van der Waals surface area contributed by atoms with Gasteiger partial charge in [-0.3, -0.25) is 4.79 Å². The Morgan fingerprint density at radius 2 is 2.03 bits per heavy atom. The number of aromatic nitrogens is 2. The summed E-state index contributed by atoms with van der Waals surface area (Å²) in [7, 11) is 0. The Labute approximate surface area is 217 Å². The fourth-order valence-electron chi connectivity index (χ4n) is 4.99. The van der Waals surface area contributed by atoms with Crippen molar-refractivity contribution in [2.75, 3.05) is 11.9 Å². The van der Waals surface area contributed by atoms with Gasteiger partial charge in [0.05, 0.1) is 12.4 Å². The second-order valence-electron chi connectivity index (χ2n) is 9.90. The third-order valence-electron chi connectivity index (χ3n) is 7.02. The highest BCUT2D eigenvalue weighted by Gasteiger charge is 2.27. The molecule has 0 fully saturated rings. The van der Waals surface area contributed by atoms with Crippen molar-refractivity contribution >= 4 is 11.7 Å². The molecule has 0 saturated heterocycles.